The molecule has 0 aliphatic carbocycles. The predicted molar refractivity (Wildman–Crippen MR) is 87.6 cm³/mol. The number of hydrogen-bond acceptors (Lipinski definition) is 5. The normalized spacial score (nSPS) is 10.5. The van der Waals surface area contributed by atoms with Crippen LogP contribution in [-0.2, 0) is 4.79 Å². The fourth-order valence-electron chi connectivity index (χ4n) is 2.16. The van der Waals surface area contributed by atoms with Crippen molar-refractivity contribution in [1.82, 2.24) is 0 Å². The standard InChI is InChI=1S/C16H21NO4S/c1-12(18)7-5-3-4-6-8-15(19)13-9-10-16(22-2)14(11-13)17(20)21/h9-11H,3-8H2,1-2H3. The number of rotatable bonds is 10. The Balaban J connectivity index is 2.50. The van der Waals surface area contributed by atoms with E-state index in [1.807, 2.05) is 0 Å². The highest BCUT2D eigenvalue weighted by Gasteiger charge is 2.16. The summed E-state index contributed by atoms with van der Waals surface area (Å²) in [7, 11) is 0. The second-order valence-electron chi connectivity index (χ2n) is 5.18. The highest BCUT2D eigenvalue weighted by Crippen LogP contribution is 2.28. The number of nitro benzene ring substituents is 1. The molecule has 0 saturated carbocycles. The lowest BCUT2D eigenvalue weighted by Crippen LogP contribution is -2.01. The van der Waals surface area contributed by atoms with Crippen LogP contribution < -0.4 is 0 Å². The van der Waals surface area contributed by atoms with E-state index in [2.05, 4.69) is 0 Å². The first kappa shape index (κ1) is 18.4. The summed E-state index contributed by atoms with van der Waals surface area (Å²) in [5.41, 5.74) is 0.382. The molecule has 1 aromatic carbocycles. The second-order valence-corrected chi connectivity index (χ2v) is 6.03. The van der Waals surface area contributed by atoms with Crippen LogP contribution in [-0.4, -0.2) is 22.7 Å². The zero-order valence-electron chi connectivity index (χ0n) is 13.0. The third kappa shape index (κ3) is 5.97. The van der Waals surface area contributed by atoms with Gasteiger partial charge < -0.3 is 4.79 Å². The Morgan fingerprint density at radius 3 is 2.32 bits per heavy atom. The highest BCUT2D eigenvalue weighted by molar-refractivity contribution is 7.98. The molecule has 0 atom stereocenters. The van der Waals surface area contributed by atoms with E-state index in [0.717, 1.165) is 25.7 Å². The maximum Gasteiger partial charge on any atom is 0.283 e. The van der Waals surface area contributed by atoms with Crippen LogP contribution in [0, 0.1) is 10.1 Å². The van der Waals surface area contributed by atoms with Crippen molar-refractivity contribution in [3.8, 4) is 0 Å². The van der Waals surface area contributed by atoms with Gasteiger partial charge in [0, 0.05) is 24.5 Å². The molecule has 22 heavy (non-hydrogen) atoms. The number of nitrogens with zero attached hydrogens (tertiary/aromatic N) is 1. The maximum absolute atomic E-state index is 12.1. The summed E-state index contributed by atoms with van der Waals surface area (Å²) in [6.45, 7) is 1.58. The van der Waals surface area contributed by atoms with E-state index in [9.17, 15) is 19.7 Å². The van der Waals surface area contributed by atoms with Gasteiger partial charge in [-0.3, -0.25) is 14.9 Å². The number of thioether (sulfide) groups is 1. The van der Waals surface area contributed by atoms with Gasteiger partial charge in [-0.2, -0.15) is 0 Å². The molecule has 0 spiro atoms. The number of benzene rings is 1. The minimum Gasteiger partial charge on any atom is -0.300 e. The summed E-state index contributed by atoms with van der Waals surface area (Å²) in [6, 6.07) is 4.64. The number of ketones is 2. The molecule has 1 rings (SSSR count). The summed E-state index contributed by atoms with van der Waals surface area (Å²) in [4.78, 5) is 34.0. The van der Waals surface area contributed by atoms with Gasteiger partial charge in [-0.1, -0.05) is 12.8 Å². The van der Waals surface area contributed by atoms with Crippen molar-refractivity contribution in [2.24, 2.45) is 0 Å². The molecule has 0 aromatic heterocycles. The van der Waals surface area contributed by atoms with Crippen molar-refractivity contribution < 1.29 is 14.5 Å². The minimum atomic E-state index is -0.454. The molecule has 1 aromatic rings. The number of carbonyl (C=O) groups is 2. The van der Waals surface area contributed by atoms with Crippen molar-refractivity contribution in [2.45, 2.75) is 50.3 Å². The van der Waals surface area contributed by atoms with E-state index in [4.69, 9.17) is 0 Å². The fraction of sp³-hybridized carbons (Fsp3) is 0.500. The SMILES string of the molecule is CSc1ccc(C(=O)CCCCCCC(C)=O)cc1[N+](=O)[O-]. The van der Waals surface area contributed by atoms with Crippen molar-refractivity contribution in [3.05, 3.63) is 33.9 Å². The molecule has 5 nitrogen and oxygen atoms in total. The predicted octanol–water partition coefficient (Wildman–Crippen LogP) is 4.43. The van der Waals surface area contributed by atoms with Crippen molar-refractivity contribution in [2.75, 3.05) is 6.26 Å². The number of carbonyl (C=O) groups excluding carboxylic acids is 2. The van der Waals surface area contributed by atoms with E-state index >= 15 is 0 Å². The first-order valence-electron chi connectivity index (χ1n) is 7.30. The zero-order chi connectivity index (χ0) is 16.5. The van der Waals surface area contributed by atoms with Crippen LogP contribution >= 0.6 is 11.8 Å². The Hall–Kier alpha value is -1.69. The Bertz CT molecular complexity index is 557. The van der Waals surface area contributed by atoms with Crippen molar-refractivity contribution >= 4 is 29.0 Å². The Morgan fingerprint density at radius 1 is 1.14 bits per heavy atom. The molecule has 0 radical (unpaired) electrons. The minimum absolute atomic E-state index is 0.0141. The smallest absolute Gasteiger partial charge is 0.283 e. The van der Waals surface area contributed by atoms with Crippen LogP contribution in [0.25, 0.3) is 0 Å². The molecule has 0 fully saturated rings. The van der Waals surface area contributed by atoms with Gasteiger partial charge in [0.15, 0.2) is 5.78 Å². The van der Waals surface area contributed by atoms with Gasteiger partial charge in [0.25, 0.3) is 5.69 Å². The summed E-state index contributed by atoms with van der Waals surface area (Å²) in [6.07, 6.45) is 6.17. The van der Waals surface area contributed by atoms with Gasteiger partial charge in [0.1, 0.15) is 5.78 Å². The molecule has 0 aliphatic rings. The van der Waals surface area contributed by atoms with E-state index in [0.29, 0.717) is 23.3 Å². The van der Waals surface area contributed by atoms with Gasteiger partial charge in [0.05, 0.1) is 9.82 Å². The number of hydrogen-bond donors (Lipinski definition) is 0. The molecule has 0 aliphatic heterocycles. The lowest BCUT2D eigenvalue weighted by molar-refractivity contribution is -0.387. The van der Waals surface area contributed by atoms with Gasteiger partial charge in [0.2, 0.25) is 0 Å². The Kier molecular flexibility index (Phi) is 7.80. The number of Topliss-reactive ketones (excluding diaryl/α,β-unsaturated/α-hetero) is 2. The Morgan fingerprint density at radius 2 is 1.77 bits per heavy atom. The molecule has 0 saturated heterocycles. The third-order valence-electron chi connectivity index (χ3n) is 3.38. The van der Waals surface area contributed by atoms with Crippen LogP contribution in [0.3, 0.4) is 0 Å². The maximum atomic E-state index is 12.1. The summed E-state index contributed by atoms with van der Waals surface area (Å²) in [5.74, 6) is 0.125. The van der Waals surface area contributed by atoms with Gasteiger partial charge in [-0.05, 0) is 38.2 Å². The Labute approximate surface area is 134 Å². The summed E-state index contributed by atoms with van der Waals surface area (Å²) >= 11 is 1.29. The van der Waals surface area contributed by atoms with E-state index in [1.54, 1.807) is 25.3 Å². The first-order valence-corrected chi connectivity index (χ1v) is 8.53. The number of unbranched alkanes of at least 4 members (excludes halogenated alkanes) is 3. The van der Waals surface area contributed by atoms with E-state index in [1.165, 1.54) is 17.8 Å². The molecule has 0 N–H and O–H groups in total. The lowest BCUT2D eigenvalue weighted by atomic mass is 10.0. The number of nitro groups is 1. The molecule has 0 heterocycles. The second kappa shape index (κ2) is 9.35. The molecule has 0 bridgehead atoms. The molecule has 6 heteroatoms. The quantitative estimate of drug-likeness (QED) is 0.209. The van der Waals surface area contributed by atoms with Crippen LogP contribution in [0.2, 0.25) is 0 Å². The molecule has 120 valence electrons. The average Bonchev–Trinajstić information content (AvgIpc) is 2.49. The molecule has 0 amide bonds. The van der Waals surface area contributed by atoms with Crippen molar-refractivity contribution in [3.63, 3.8) is 0 Å². The average molecular weight is 323 g/mol. The van der Waals surface area contributed by atoms with Gasteiger partial charge >= 0.3 is 0 Å². The van der Waals surface area contributed by atoms with Crippen LogP contribution in [0.1, 0.15) is 55.8 Å². The third-order valence-corrected chi connectivity index (χ3v) is 4.17. The molecular weight excluding hydrogens is 302 g/mol. The molecule has 0 unspecified atom stereocenters. The lowest BCUT2D eigenvalue weighted by Gasteiger charge is -2.04. The topological polar surface area (TPSA) is 77.3 Å². The highest BCUT2D eigenvalue weighted by atomic mass is 32.2. The summed E-state index contributed by atoms with van der Waals surface area (Å²) in [5, 5.41) is 11.0. The summed E-state index contributed by atoms with van der Waals surface area (Å²) < 4.78 is 0. The first-order chi connectivity index (χ1) is 10.5. The van der Waals surface area contributed by atoms with E-state index in [-0.39, 0.29) is 17.3 Å². The van der Waals surface area contributed by atoms with Gasteiger partial charge in [-0.15, -0.1) is 11.8 Å². The zero-order valence-corrected chi connectivity index (χ0v) is 13.8. The van der Waals surface area contributed by atoms with Crippen LogP contribution in [0.15, 0.2) is 23.1 Å². The van der Waals surface area contributed by atoms with E-state index < -0.39 is 4.92 Å². The van der Waals surface area contributed by atoms with Crippen LogP contribution in [0.5, 0.6) is 0 Å². The van der Waals surface area contributed by atoms with Crippen LogP contribution in [0.4, 0.5) is 5.69 Å². The largest absolute Gasteiger partial charge is 0.300 e. The fourth-order valence-corrected chi connectivity index (χ4v) is 2.71. The monoisotopic (exact) mass is 323 g/mol. The van der Waals surface area contributed by atoms with Gasteiger partial charge in [-0.25, -0.2) is 0 Å². The molecular formula is C16H21NO4S. The van der Waals surface area contributed by atoms with Crippen molar-refractivity contribution in [1.29, 1.82) is 0 Å².